The Morgan fingerprint density at radius 1 is 1.50 bits per heavy atom. The number of likely N-dealkylation sites (tertiary alicyclic amines) is 1. The fraction of sp³-hybridized carbons (Fsp3) is 0.571. The quantitative estimate of drug-likeness (QED) is 0.627. The van der Waals surface area contributed by atoms with E-state index in [4.69, 9.17) is 4.74 Å². The SMILES string of the molecule is CC(C)(C)OC(=O)N1CC[C@H](Sc2ccc([N+](=O)[O-])cn2)C1. The first-order chi connectivity index (χ1) is 10.2. The van der Waals surface area contributed by atoms with E-state index in [0.717, 1.165) is 11.4 Å². The van der Waals surface area contributed by atoms with Gasteiger partial charge >= 0.3 is 6.09 Å². The lowest BCUT2D eigenvalue weighted by molar-refractivity contribution is -0.385. The second-order valence-corrected chi connectivity index (χ2v) is 7.39. The van der Waals surface area contributed by atoms with Crippen LogP contribution in [-0.4, -0.2) is 44.8 Å². The normalized spacial score (nSPS) is 18.3. The number of thioether (sulfide) groups is 1. The third-order valence-corrected chi connectivity index (χ3v) is 4.22. The number of pyridine rings is 1. The van der Waals surface area contributed by atoms with E-state index in [1.54, 1.807) is 11.0 Å². The minimum Gasteiger partial charge on any atom is -0.444 e. The Kier molecular flexibility index (Phi) is 4.90. The van der Waals surface area contributed by atoms with Gasteiger partial charge < -0.3 is 9.64 Å². The molecule has 8 heteroatoms. The molecule has 2 rings (SSSR count). The van der Waals surface area contributed by atoms with Gasteiger partial charge in [-0.1, -0.05) is 0 Å². The Labute approximate surface area is 133 Å². The van der Waals surface area contributed by atoms with Gasteiger partial charge in [-0.05, 0) is 33.3 Å². The van der Waals surface area contributed by atoms with Gasteiger partial charge in [-0.3, -0.25) is 10.1 Å². The van der Waals surface area contributed by atoms with Crippen molar-refractivity contribution in [3.63, 3.8) is 0 Å². The van der Waals surface area contributed by atoms with Crippen molar-refractivity contribution in [1.82, 2.24) is 9.88 Å². The van der Waals surface area contributed by atoms with Gasteiger partial charge in [0.05, 0.1) is 9.95 Å². The van der Waals surface area contributed by atoms with Crippen molar-refractivity contribution >= 4 is 23.5 Å². The molecule has 1 aromatic rings. The van der Waals surface area contributed by atoms with E-state index in [2.05, 4.69) is 4.98 Å². The van der Waals surface area contributed by atoms with Crippen molar-refractivity contribution in [3.05, 3.63) is 28.4 Å². The standard InChI is InChI=1S/C14H19N3O4S/c1-14(2,3)21-13(18)16-7-6-11(9-16)22-12-5-4-10(8-15-12)17(19)20/h4-5,8,11H,6-7,9H2,1-3H3/t11-/m0/s1. The van der Waals surface area contributed by atoms with Gasteiger partial charge in [-0.2, -0.15) is 0 Å². The summed E-state index contributed by atoms with van der Waals surface area (Å²) in [6.07, 6.45) is 1.80. The molecule has 0 saturated carbocycles. The lowest BCUT2D eigenvalue weighted by Gasteiger charge is -2.24. The lowest BCUT2D eigenvalue weighted by atomic mass is 10.2. The first-order valence-electron chi connectivity index (χ1n) is 6.99. The van der Waals surface area contributed by atoms with E-state index < -0.39 is 10.5 Å². The van der Waals surface area contributed by atoms with Crippen LogP contribution in [0.1, 0.15) is 27.2 Å². The first kappa shape index (κ1) is 16.5. The molecule has 1 aliphatic rings. The Hall–Kier alpha value is -1.83. The van der Waals surface area contributed by atoms with Crippen LogP contribution in [0.25, 0.3) is 0 Å². The van der Waals surface area contributed by atoms with E-state index in [-0.39, 0.29) is 17.0 Å². The third-order valence-electron chi connectivity index (χ3n) is 3.02. The van der Waals surface area contributed by atoms with Crippen molar-refractivity contribution in [1.29, 1.82) is 0 Å². The Morgan fingerprint density at radius 2 is 2.23 bits per heavy atom. The minimum absolute atomic E-state index is 0.0221. The molecule has 1 amide bonds. The van der Waals surface area contributed by atoms with Crippen LogP contribution < -0.4 is 0 Å². The molecule has 1 aromatic heterocycles. The maximum atomic E-state index is 12.0. The monoisotopic (exact) mass is 325 g/mol. The summed E-state index contributed by atoms with van der Waals surface area (Å²) < 4.78 is 5.35. The molecule has 0 bridgehead atoms. The minimum atomic E-state index is -0.498. The number of ether oxygens (including phenoxy) is 1. The first-order valence-corrected chi connectivity index (χ1v) is 7.87. The molecule has 7 nitrogen and oxygen atoms in total. The fourth-order valence-corrected chi connectivity index (χ4v) is 3.12. The van der Waals surface area contributed by atoms with Crippen LogP contribution in [0, 0.1) is 10.1 Å². The molecule has 22 heavy (non-hydrogen) atoms. The number of carbonyl (C=O) groups excluding carboxylic acids is 1. The van der Waals surface area contributed by atoms with Gasteiger partial charge in [0.2, 0.25) is 0 Å². The van der Waals surface area contributed by atoms with Crippen LogP contribution in [0.15, 0.2) is 23.4 Å². The molecule has 1 saturated heterocycles. The molecule has 1 fully saturated rings. The van der Waals surface area contributed by atoms with E-state index in [1.807, 2.05) is 20.8 Å². The van der Waals surface area contributed by atoms with Gasteiger partial charge in [0.25, 0.3) is 5.69 Å². The number of hydrogen-bond donors (Lipinski definition) is 0. The van der Waals surface area contributed by atoms with E-state index in [9.17, 15) is 14.9 Å². The maximum absolute atomic E-state index is 12.0. The van der Waals surface area contributed by atoms with Crippen LogP contribution >= 0.6 is 11.8 Å². The Morgan fingerprint density at radius 3 is 2.77 bits per heavy atom. The van der Waals surface area contributed by atoms with Gasteiger partial charge in [0.15, 0.2) is 0 Å². The topological polar surface area (TPSA) is 85.6 Å². The summed E-state index contributed by atoms with van der Waals surface area (Å²) in [5.41, 5.74) is -0.520. The van der Waals surface area contributed by atoms with Crippen LogP contribution in [0.3, 0.4) is 0 Å². The van der Waals surface area contributed by atoms with Crippen LogP contribution in [0.5, 0.6) is 0 Å². The predicted octanol–water partition coefficient (Wildman–Crippen LogP) is 3.09. The molecule has 0 aromatic carbocycles. The number of amides is 1. The summed E-state index contributed by atoms with van der Waals surface area (Å²) in [6.45, 7) is 6.77. The summed E-state index contributed by atoms with van der Waals surface area (Å²) in [7, 11) is 0. The summed E-state index contributed by atoms with van der Waals surface area (Å²) >= 11 is 1.53. The zero-order valence-electron chi connectivity index (χ0n) is 12.8. The number of carbonyl (C=O) groups is 1. The molecule has 0 N–H and O–H groups in total. The molecule has 1 aliphatic heterocycles. The summed E-state index contributed by atoms with van der Waals surface area (Å²) in [5.74, 6) is 0. The molecule has 1 atom stereocenters. The zero-order chi connectivity index (χ0) is 16.3. The summed E-state index contributed by atoms with van der Waals surface area (Å²) in [4.78, 5) is 27.9. The van der Waals surface area contributed by atoms with Crippen molar-refractivity contribution in [2.24, 2.45) is 0 Å². The fourth-order valence-electron chi connectivity index (χ4n) is 2.04. The van der Waals surface area contributed by atoms with E-state index >= 15 is 0 Å². The highest BCUT2D eigenvalue weighted by Crippen LogP contribution is 2.29. The van der Waals surface area contributed by atoms with Crippen LogP contribution in [0.2, 0.25) is 0 Å². The molecular formula is C14H19N3O4S. The molecule has 0 spiro atoms. The number of nitrogens with zero attached hydrogens (tertiary/aromatic N) is 3. The number of nitro groups is 1. The van der Waals surface area contributed by atoms with Crippen molar-refractivity contribution in [2.75, 3.05) is 13.1 Å². The lowest BCUT2D eigenvalue weighted by Crippen LogP contribution is -2.35. The molecule has 0 aliphatic carbocycles. The third kappa shape index (κ3) is 4.59. The van der Waals surface area contributed by atoms with Crippen LogP contribution in [0.4, 0.5) is 10.5 Å². The highest BCUT2D eigenvalue weighted by atomic mass is 32.2. The molecule has 0 unspecified atom stereocenters. The average molecular weight is 325 g/mol. The maximum Gasteiger partial charge on any atom is 0.410 e. The van der Waals surface area contributed by atoms with Crippen molar-refractivity contribution in [2.45, 2.75) is 43.1 Å². The summed E-state index contributed by atoms with van der Waals surface area (Å²) in [5, 5.41) is 11.5. The van der Waals surface area contributed by atoms with Gasteiger partial charge in [-0.15, -0.1) is 11.8 Å². The van der Waals surface area contributed by atoms with Gasteiger partial charge in [0.1, 0.15) is 11.8 Å². The van der Waals surface area contributed by atoms with Crippen molar-refractivity contribution < 1.29 is 14.5 Å². The second kappa shape index (κ2) is 6.51. The Bertz CT molecular complexity index is 556. The number of hydrogen-bond acceptors (Lipinski definition) is 6. The van der Waals surface area contributed by atoms with E-state index in [1.165, 1.54) is 24.0 Å². The summed E-state index contributed by atoms with van der Waals surface area (Å²) in [6, 6.07) is 3.08. The number of rotatable bonds is 3. The zero-order valence-corrected chi connectivity index (χ0v) is 13.6. The Balaban J connectivity index is 1.88. The highest BCUT2D eigenvalue weighted by molar-refractivity contribution is 7.99. The van der Waals surface area contributed by atoms with Crippen molar-refractivity contribution in [3.8, 4) is 0 Å². The molecular weight excluding hydrogens is 306 g/mol. The molecule has 120 valence electrons. The largest absolute Gasteiger partial charge is 0.444 e. The van der Waals surface area contributed by atoms with Crippen LogP contribution in [-0.2, 0) is 4.74 Å². The molecule has 0 radical (unpaired) electrons. The van der Waals surface area contributed by atoms with Gasteiger partial charge in [0, 0.05) is 24.4 Å². The second-order valence-electron chi connectivity index (χ2n) is 6.07. The smallest absolute Gasteiger partial charge is 0.410 e. The highest BCUT2D eigenvalue weighted by Gasteiger charge is 2.30. The van der Waals surface area contributed by atoms with E-state index in [0.29, 0.717) is 13.1 Å². The number of aromatic nitrogens is 1. The molecule has 2 heterocycles. The average Bonchev–Trinajstić information content (AvgIpc) is 2.86. The predicted molar refractivity (Wildman–Crippen MR) is 83.0 cm³/mol. The van der Waals surface area contributed by atoms with Gasteiger partial charge in [-0.25, -0.2) is 9.78 Å².